The maximum Gasteiger partial charge on any atom is 0.228 e. The monoisotopic (exact) mass is 338 g/mol. The number of anilines is 1. The van der Waals surface area contributed by atoms with Gasteiger partial charge in [0.15, 0.2) is 0 Å². The van der Waals surface area contributed by atoms with E-state index in [0.717, 1.165) is 17.5 Å². The summed E-state index contributed by atoms with van der Waals surface area (Å²) in [6.07, 6.45) is 2.63. The minimum atomic E-state index is -3.23. The number of amides is 1. The van der Waals surface area contributed by atoms with Crippen molar-refractivity contribution in [3.05, 3.63) is 29.6 Å². The van der Waals surface area contributed by atoms with Crippen molar-refractivity contribution in [2.75, 3.05) is 24.7 Å². The molecule has 1 fully saturated rings. The van der Waals surface area contributed by atoms with Gasteiger partial charge in [0.1, 0.15) is 0 Å². The maximum atomic E-state index is 12.4. The van der Waals surface area contributed by atoms with Gasteiger partial charge >= 0.3 is 0 Å². The molecule has 1 saturated heterocycles. The number of sulfonamides is 1. The number of nitrogens with one attached hydrogen (secondary N) is 1. The Morgan fingerprint density at radius 3 is 2.95 bits per heavy atom. The number of benzene rings is 1. The van der Waals surface area contributed by atoms with E-state index in [1.165, 1.54) is 15.3 Å². The van der Waals surface area contributed by atoms with Gasteiger partial charge in [-0.15, -0.1) is 11.3 Å². The van der Waals surface area contributed by atoms with Crippen LogP contribution in [-0.2, 0) is 14.8 Å². The zero-order chi connectivity index (χ0) is 15.7. The van der Waals surface area contributed by atoms with Gasteiger partial charge in [-0.25, -0.2) is 12.7 Å². The predicted octanol–water partition coefficient (Wildman–Crippen LogP) is 2.51. The lowest BCUT2D eigenvalue weighted by Gasteiger charge is -2.30. The van der Waals surface area contributed by atoms with Crippen LogP contribution in [0.15, 0.2) is 29.6 Å². The molecular weight excluding hydrogens is 320 g/mol. The van der Waals surface area contributed by atoms with Gasteiger partial charge in [0.2, 0.25) is 15.9 Å². The summed E-state index contributed by atoms with van der Waals surface area (Å²) in [7, 11) is -3.23. The Morgan fingerprint density at radius 1 is 1.36 bits per heavy atom. The van der Waals surface area contributed by atoms with Gasteiger partial charge in [-0.3, -0.25) is 4.79 Å². The highest BCUT2D eigenvalue weighted by Crippen LogP contribution is 2.25. The summed E-state index contributed by atoms with van der Waals surface area (Å²) in [6, 6.07) is 7.83. The van der Waals surface area contributed by atoms with Gasteiger partial charge in [-0.2, -0.15) is 0 Å². The summed E-state index contributed by atoms with van der Waals surface area (Å²) in [6.45, 7) is 0.773. The highest BCUT2D eigenvalue weighted by Gasteiger charge is 2.30. The fourth-order valence-corrected chi connectivity index (χ4v) is 4.43. The van der Waals surface area contributed by atoms with Crippen LogP contribution in [0.4, 0.5) is 5.69 Å². The molecule has 1 atom stereocenters. The van der Waals surface area contributed by atoms with Crippen LogP contribution in [-0.4, -0.2) is 38.0 Å². The molecule has 1 aliphatic heterocycles. The minimum Gasteiger partial charge on any atom is -0.326 e. The number of hydrogen-bond acceptors (Lipinski definition) is 4. The normalized spacial score (nSPS) is 20.1. The van der Waals surface area contributed by atoms with Crippen molar-refractivity contribution < 1.29 is 13.2 Å². The van der Waals surface area contributed by atoms with Crippen LogP contribution in [0.1, 0.15) is 12.8 Å². The van der Waals surface area contributed by atoms with Gasteiger partial charge in [0.05, 0.1) is 12.2 Å². The van der Waals surface area contributed by atoms with E-state index in [2.05, 4.69) is 5.32 Å². The first-order valence-electron chi connectivity index (χ1n) is 7.17. The standard InChI is InChI=1S/C15H18N2O3S2/c1-22(19,20)17-7-2-3-12(10-17)15(18)16-13-4-5-14-11(9-13)6-8-21-14/h4-6,8-9,12H,2-3,7,10H2,1H3,(H,16,18)/t12-/m1/s1. The molecular formula is C15H18N2O3S2. The molecule has 0 aliphatic carbocycles. The van der Waals surface area contributed by atoms with Crippen LogP contribution in [0.3, 0.4) is 0 Å². The Bertz CT molecular complexity index is 798. The fraction of sp³-hybridized carbons (Fsp3) is 0.400. The van der Waals surface area contributed by atoms with Gasteiger partial charge in [-0.05, 0) is 47.9 Å². The third-order valence-corrected chi connectivity index (χ3v) is 6.11. The molecule has 22 heavy (non-hydrogen) atoms. The average molecular weight is 338 g/mol. The molecule has 0 unspecified atom stereocenters. The molecule has 2 aromatic rings. The number of carbonyl (C=O) groups is 1. The Morgan fingerprint density at radius 2 is 2.18 bits per heavy atom. The van der Waals surface area contributed by atoms with Crippen molar-refractivity contribution in [1.82, 2.24) is 4.31 Å². The minimum absolute atomic E-state index is 0.108. The molecule has 118 valence electrons. The molecule has 0 radical (unpaired) electrons. The molecule has 0 bridgehead atoms. The van der Waals surface area contributed by atoms with Crippen LogP contribution in [0.25, 0.3) is 10.1 Å². The van der Waals surface area contributed by atoms with Gasteiger partial charge < -0.3 is 5.32 Å². The van der Waals surface area contributed by atoms with E-state index in [-0.39, 0.29) is 18.4 Å². The zero-order valence-electron chi connectivity index (χ0n) is 12.3. The third kappa shape index (κ3) is 3.31. The first-order valence-corrected chi connectivity index (χ1v) is 9.89. The molecule has 2 heterocycles. The largest absolute Gasteiger partial charge is 0.326 e. The SMILES string of the molecule is CS(=O)(=O)N1CCC[C@@H](C(=O)Nc2ccc3sccc3c2)C1. The number of piperidine rings is 1. The summed E-state index contributed by atoms with van der Waals surface area (Å²) in [4.78, 5) is 12.4. The molecule has 1 aromatic carbocycles. The van der Waals surface area contributed by atoms with E-state index in [1.54, 1.807) is 11.3 Å². The number of nitrogens with zero attached hydrogens (tertiary/aromatic N) is 1. The van der Waals surface area contributed by atoms with Crippen molar-refractivity contribution in [2.45, 2.75) is 12.8 Å². The maximum absolute atomic E-state index is 12.4. The molecule has 3 rings (SSSR count). The number of carbonyl (C=O) groups excluding carboxylic acids is 1. The number of thiophene rings is 1. The van der Waals surface area contributed by atoms with E-state index in [4.69, 9.17) is 0 Å². The highest BCUT2D eigenvalue weighted by atomic mass is 32.2. The summed E-state index contributed by atoms with van der Waals surface area (Å²) < 4.78 is 25.8. The fourth-order valence-electron chi connectivity index (χ4n) is 2.75. The smallest absolute Gasteiger partial charge is 0.228 e. The van der Waals surface area contributed by atoms with Crippen molar-refractivity contribution in [3.8, 4) is 0 Å². The lowest BCUT2D eigenvalue weighted by atomic mass is 9.98. The van der Waals surface area contributed by atoms with Crippen LogP contribution < -0.4 is 5.32 Å². The molecule has 0 saturated carbocycles. The highest BCUT2D eigenvalue weighted by molar-refractivity contribution is 7.88. The van der Waals surface area contributed by atoms with Crippen LogP contribution in [0.5, 0.6) is 0 Å². The van der Waals surface area contributed by atoms with Crippen molar-refractivity contribution >= 4 is 43.0 Å². The topological polar surface area (TPSA) is 66.5 Å². The van der Waals surface area contributed by atoms with Crippen LogP contribution in [0, 0.1) is 5.92 Å². The summed E-state index contributed by atoms with van der Waals surface area (Å²) in [5.74, 6) is -0.399. The Balaban J connectivity index is 1.70. The summed E-state index contributed by atoms with van der Waals surface area (Å²) in [5.41, 5.74) is 0.757. The van der Waals surface area contributed by atoms with Crippen LogP contribution in [0.2, 0.25) is 0 Å². The Kier molecular flexibility index (Phi) is 4.20. The molecule has 1 amide bonds. The van der Waals surface area contributed by atoms with E-state index in [1.807, 2.05) is 29.6 Å². The van der Waals surface area contributed by atoms with Gasteiger partial charge in [-0.1, -0.05) is 0 Å². The first kappa shape index (κ1) is 15.5. The van der Waals surface area contributed by atoms with Crippen LogP contribution >= 0.6 is 11.3 Å². The Hall–Kier alpha value is -1.44. The Labute approximate surface area is 134 Å². The second-order valence-electron chi connectivity index (χ2n) is 5.62. The number of hydrogen-bond donors (Lipinski definition) is 1. The number of fused-ring (bicyclic) bond motifs is 1. The molecule has 1 aliphatic rings. The molecule has 7 heteroatoms. The lowest BCUT2D eigenvalue weighted by Crippen LogP contribution is -2.43. The zero-order valence-corrected chi connectivity index (χ0v) is 13.9. The first-order chi connectivity index (χ1) is 10.4. The van der Waals surface area contributed by atoms with Crippen molar-refractivity contribution in [1.29, 1.82) is 0 Å². The van der Waals surface area contributed by atoms with E-state index in [9.17, 15) is 13.2 Å². The van der Waals surface area contributed by atoms with Gasteiger partial charge in [0.25, 0.3) is 0 Å². The summed E-state index contributed by atoms with van der Waals surface area (Å²) >= 11 is 1.66. The van der Waals surface area contributed by atoms with E-state index in [0.29, 0.717) is 13.0 Å². The average Bonchev–Trinajstić information content (AvgIpc) is 2.94. The molecule has 1 N–H and O–H groups in total. The predicted molar refractivity (Wildman–Crippen MR) is 89.6 cm³/mol. The quantitative estimate of drug-likeness (QED) is 0.935. The third-order valence-electron chi connectivity index (χ3n) is 3.94. The second-order valence-corrected chi connectivity index (χ2v) is 8.55. The van der Waals surface area contributed by atoms with Gasteiger partial charge in [0, 0.05) is 23.5 Å². The second kappa shape index (κ2) is 5.98. The van der Waals surface area contributed by atoms with E-state index < -0.39 is 10.0 Å². The number of rotatable bonds is 3. The molecule has 1 aromatic heterocycles. The molecule has 5 nitrogen and oxygen atoms in total. The summed E-state index contributed by atoms with van der Waals surface area (Å²) in [5, 5.41) is 6.03. The van der Waals surface area contributed by atoms with E-state index >= 15 is 0 Å². The van der Waals surface area contributed by atoms with Crippen molar-refractivity contribution in [3.63, 3.8) is 0 Å². The van der Waals surface area contributed by atoms with Crippen molar-refractivity contribution in [2.24, 2.45) is 5.92 Å². The molecule has 0 spiro atoms. The lowest BCUT2D eigenvalue weighted by molar-refractivity contribution is -0.120.